The molecule has 4 fully saturated rings. The second-order valence-corrected chi connectivity index (χ2v) is 15.6. The lowest BCUT2D eigenvalue weighted by Gasteiger charge is -2.42. The molecule has 4 aliphatic rings. The first-order valence-electron chi connectivity index (χ1n) is 18.7. The Kier molecular flexibility index (Phi) is 9.48. The number of nitrogens with zero attached hydrogens (tertiary/aromatic N) is 8. The van der Waals surface area contributed by atoms with Gasteiger partial charge >= 0.3 is 12.2 Å². The number of thiocarbonyl (C=S) groups is 1. The zero-order valence-electron chi connectivity index (χ0n) is 30.9. The summed E-state index contributed by atoms with van der Waals surface area (Å²) in [5.41, 5.74) is 0.530. The van der Waals surface area contributed by atoms with Gasteiger partial charge in [-0.1, -0.05) is 0 Å². The molecule has 8 rings (SSSR count). The second kappa shape index (κ2) is 14.2. The van der Waals surface area contributed by atoms with E-state index in [1.807, 2.05) is 36.5 Å². The number of urea groups is 1. The van der Waals surface area contributed by atoms with Crippen LogP contribution in [0.15, 0.2) is 67.1 Å². The van der Waals surface area contributed by atoms with E-state index >= 15 is 0 Å². The number of nitrogens with one attached hydrogen (secondary N) is 1. The standard InChI is InChI=1S/C40H40F3N9O3S/c1-39(2)36(54)51(30-4-3-25(22-44)32(21-30)40(41,42)43)38(56)52(39)29-7-5-26(6-8-29)47-15-9-27(10-16-47)48-17-11-28(12-18-48)49-19-13-31-33(49)23-45-24-34(31)50-20-14-35(53)46-37(50)55/h3-8,13,19,21,23-24,27-28H,9-12,14-18,20H2,1-2H3,(H,46,53,55). The number of imide groups is 1. The average molecular weight is 784 g/mol. The van der Waals surface area contributed by atoms with Crippen LogP contribution in [0.4, 0.5) is 40.7 Å². The number of aromatic nitrogens is 2. The van der Waals surface area contributed by atoms with Crippen LogP contribution in [-0.2, 0) is 15.8 Å². The predicted molar refractivity (Wildman–Crippen MR) is 210 cm³/mol. The van der Waals surface area contributed by atoms with Crippen LogP contribution in [0.5, 0.6) is 0 Å². The highest BCUT2D eigenvalue weighted by molar-refractivity contribution is 7.81. The van der Waals surface area contributed by atoms with Crippen molar-refractivity contribution in [2.24, 2.45) is 0 Å². The molecule has 4 aromatic rings. The Morgan fingerprint density at radius 2 is 1.54 bits per heavy atom. The highest BCUT2D eigenvalue weighted by atomic mass is 32.1. The van der Waals surface area contributed by atoms with Gasteiger partial charge in [-0.2, -0.15) is 18.4 Å². The van der Waals surface area contributed by atoms with E-state index in [-0.39, 0.29) is 23.1 Å². The third kappa shape index (κ3) is 6.52. The fraction of sp³-hybridized carbons (Fsp3) is 0.400. The topological polar surface area (TPSA) is 121 Å². The van der Waals surface area contributed by atoms with Crippen LogP contribution >= 0.6 is 12.2 Å². The molecule has 2 aromatic heterocycles. The Bertz CT molecular complexity index is 2270. The van der Waals surface area contributed by atoms with Crippen molar-refractivity contribution in [1.82, 2.24) is 19.8 Å². The summed E-state index contributed by atoms with van der Waals surface area (Å²) in [4.78, 5) is 51.6. The van der Waals surface area contributed by atoms with Gasteiger partial charge in [-0.05, 0) is 100 Å². The number of hydrogen-bond donors (Lipinski definition) is 1. The van der Waals surface area contributed by atoms with Gasteiger partial charge in [0.15, 0.2) is 5.11 Å². The van der Waals surface area contributed by atoms with E-state index in [1.165, 1.54) is 6.07 Å². The number of benzene rings is 2. The zero-order chi connectivity index (χ0) is 39.5. The maximum absolute atomic E-state index is 13.8. The Hall–Kier alpha value is -5.53. The number of carbonyl (C=O) groups excluding carboxylic acids is 3. The van der Waals surface area contributed by atoms with E-state index in [0.29, 0.717) is 30.0 Å². The molecule has 0 saturated carbocycles. The number of hydrogen-bond acceptors (Lipinski definition) is 8. The summed E-state index contributed by atoms with van der Waals surface area (Å²) in [6, 6.07) is 14.9. The fourth-order valence-electron chi connectivity index (χ4n) is 8.68. The van der Waals surface area contributed by atoms with Crippen molar-refractivity contribution in [2.45, 2.75) is 69.8 Å². The highest BCUT2D eigenvalue weighted by Gasteiger charge is 2.51. The summed E-state index contributed by atoms with van der Waals surface area (Å²) in [5.74, 6) is -0.733. The van der Waals surface area contributed by atoms with E-state index < -0.39 is 34.8 Å². The van der Waals surface area contributed by atoms with Gasteiger partial charge in [0.1, 0.15) is 5.54 Å². The molecule has 0 aliphatic carbocycles. The van der Waals surface area contributed by atoms with Crippen molar-refractivity contribution in [3.63, 3.8) is 0 Å². The number of carbonyl (C=O) groups is 3. The molecule has 0 spiro atoms. The molecule has 16 heteroatoms. The van der Waals surface area contributed by atoms with Gasteiger partial charge in [0, 0.05) is 74.2 Å². The zero-order valence-corrected chi connectivity index (χ0v) is 31.7. The molecule has 0 radical (unpaired) electrons. The van der Waals surface area contributed by atoms with Gasteiger partial charge in [0.05, 0.1) is 46.5 Å². The summed E-state index contributed by atoms with van der Waals surface area (Å²) >= 11 is 5.71. The molecule has 4 amide bonds. The number of halogens is 3. The molecule has 4 aliphatic heterocycles. The minimum absolute atomic E-state index is 0.0416. The monoisotopic (exact) mass is 783 g/mol. The molecule has 4 saturated heterocycles. The molecule has 0 bridgehead atoms. The maximum atomic E-state index is 13.8. The lowest BCUT2D eigenvalue weighted by atomic mass is 9.97. The molecule has 12 nitrogen and oxygen atoms in total. The molecule has 6 heterocycles. The first-order valence-corrected chi connectivity index (χ1v) is 19.1. The number of anilines is 4. The molecular formula is C40H40F3N9O3S. The molecule has 0 atom stereocenters. The van der Waals surface area contributed by atoms with Crippen molar-refractivity contribution >= 4 is 68.8 Å². The van der Waals surface area contributed by atoms with E-state index in [9.17, 15) is 32.8 Å². The minimum atomic E-state index is -4.77. The quantitative estimate of drug-likeness (QED) is 0.216. The normalized spacial score (nSPS) is 20.3. The highest BCUT2D eigenvalue weighted by Crippen LogP contribution is 2.41. The Morgan fingerprint density at radius 3 is 2.20 bits per heavy atom. The number of piperidine rings is 2. The molecule has 0 unspecified atom stereocenters. The third-order valence-corrected chi connectivity index (χ3v) is 12.0. The van der Waals surface area contributed by atoms with E-state index in [2.05, 4.69) is 30.9 Å². The van der Waals surface area contributed by atoms with Crippen molar-refractivity contribution < 1.29 is 27.6 Å². The van der Waals surface area contributed by atoms with Crippen molar-refractivity contribution in [1.29, 1.82) is 5.26 Å². The second-order valence-electron chi connectivity index (χ2n) is 15.2. The Morgan fingerprint density at radius 1 is 0.875 bits per heavy atom. The van der Waals surface area contributed by atoms with E-state index in [0.717, 1.165) is 85.5 Å². The maximum Gasteiger partial charge on any atom is 0.417 e. The lowest BCUT2D eigenvalue weighted by Crippen LogP contribution is -2.49. The summed E-state index contributed by atoms with van der Waals surface area (Å²) < 4.78 is 43.5. The van der Waals surface area contributed by atoms with Crippen LogP contribution in [0.2, 0.25) is 0 Å². The summed E-state index contributed by atoms with van der Waals surface area (Å²) in [5, 5.41) is 12.6. The first kappa shape index (κ1) is 37.4. The van der Waals surface area contributed by atoms with Gasteiger partial charge in [-0.25, -0.2) is 4.79 Å². The van der Waals surface area contributed by atoms with Gasteiger partial charge < -0.3 is 19.3 Å². The van der Waals surface area contributed by atoms with Crippen molar-refractivity contribution in [3.8, 4) is 6.07 Å². The van der Waals surface area contributed by atoms with Crippen molar-refractivity contribution in [2.75, 3.05) is 52.3 Å². The lowest BCUT2D eigenvalue weighted by molar-refractivity contribution is -0.137. The van der Waals surface area contributed by atoms with Gasteiger partial charge in [0.25, 0.3) is 5.91 Å². The van der Waals surface area contributed by atoms with Crippen LogP contribution in [0, 0.1) is 11.3 Å². The van der Waals surface area contributed by atoms with Crippen LogP contribution in [-0.4, -0.2) is 81.7 Å². The third-order valence-electron chi connectivity index (χ3n) is 11.7. The van der Waals surface area contributed by atoms with Crippen molar-refractivity contribution in [3.05, 3.63) is 78.2 Å². The SMILES string of the molecule is CC1(C)C(=O)N(c2ccc(C#N)c(C(F)(F)F)c2)C(=S)N1c1ccc(N2CCC(N3CCC(n4ccc5c(N6CCC(=O)NC6=O)cncc54)CC3)CC2)cc1. The fourth-order valence-corrected chi connectivity index (χ4v) is 9.20. The number of fused-ring (bicyclic) bond motifs is 1. The first-order chi connectivity index (χ1) is 26.8. The largest absolute Gasteiger partial charge is 0.417 e. The van der Waals surface area contributed by atoms with Crippen LogP contribution < -0.4 is 24.9 Å². The minimum Gasteiger partial charge on any atom is -0.371 e. The summed E-state index contributed by atoms with van der Waals surface area (Å²) in [6.45, 7) is 7.44. The summed E-state index contributed by atoms with van der Waals surface area (Å²) in [6.07, 6.45) is 5.13. The number of nitriles is 1. The molecule has 2 aromatic carbocycles. The number of rotatable bonds is 6. The Labute approximate surface area is 327 Å². The van der Waals surface area contributed by atoms with Gasteiger partial charge in [0.2, 0.25) is 5.91 Å². The molecule has 290 valence electrons. The van der Waals surface area contributed by atoms with Crippen LogP contribution in [0.25, 0.3) is 10.9 Å². The number of likely N-dealkylation sites (tertiary alicyclic amines) is 1. The van der Waals surface area contributed by atoms with Crippen LogP contribution in [0.1, 0.15) is 63.1 Å². The average Bonchev–Trinajstić information content (AvgIpc) is 3.70. The number of alkyl halides is 3. The van der Waals surface area contributed by atoms with E-state index in [4.69, 9.17) is 12.2 Å². The molecule has 56 heavy (non-hydrogen) atoms. The predicted octanol–water partition coefficient (Wildman–Crippen LogP) is 6.60. The summed E-state index contributed by atoms with van der Waals surface area (Å²) in [7, 11) is 0. The van der Waals surface area contributed by atoms with Crippen LogP contribution in [0.3, 0.4) is 0 Å². The molecular weight excluding hydrogens is 744 g/mol. The number of amides is 4. The van der Waals surface area contributed by atoms with Gasteiger partial charge in [-0.15, -0.1) is 0 Å². The smallest absolute Gasteiger partial charge is 0.371 e. The van der Waals surface area contributed by atoms with Gasteiger partial charge in [-0.3, -0.25) is 29.7 Å². The van der Waals surface area contributed by atoms with E-state index in [1.54, 1.807) is 35.9 Å². The Balaban J connectivity index is 0.885. The molecule has 1 N–H and O–H groups in total. The number of pyridine rings is 1.